The lowest BCUT2D eigenvalue weighted by molar-refractivity contribution is 0.324. The van der Waals surface area contributed by atoms with Crippen LogP contribution in [0, 0.1) is 0 Å². The van der Waals surface area contributed by atoms with Gasteiger partial charge in [-0.05, 0) is 24.1 Å². The molecule has 0 N–H and O–H groups in total. The van der Waals surface area contributed by atoms with Gasteiger partial charge in [0.05, 0.1) is 0 Å². The van der Waals surface area contributed by atoms with Crippen LogP contribution in [0.1, 0.15) is 19.4 Å². The molecule has 0 amide bonds. The van der Waals surface area contributed by atoms with Gasteiger partial charge in [-0.1, -0.05) is 44.2 Å². The Morgan fingerprint density at radius 1 is 1.07 bits per heavy atom. The van der Waals surface area contributed by atoms with Crippen molar-refractivity contribution in [2.45, 2.75) is 32.4 Å². The Bertz CT molecular complexity index is 231. The molecule has 2 heteroatoms. The van der Waals surface area contributed by atoms with Crippen molar-refractivity contribution in [2.24, 2.45) is 0 Å². The van der Waals surface area contributed by atoms with E-state index in [-0.39, 0.29) is 0 Å². The van der Waals surface area contributed by atoms with E-state index < -0.39 is 9.04 Å². The van der Waals surface area contributed by atoms with Crippen LogP contribution in [0.15, 0.2) is 30.3 Å². The molecule has 0 unspecified atom stereocenters. The molecule has 0 saturated carbocycles. The summed E-state index contributed by atoms with van der Waals surface area (Å²) >= 11 is 0. The fraction of sp³-hybridized carbons (Fsp3) is 0.500. The van der Waals surface area contributed by atoms with Crippen LogP contribution in [0.5, 0.6) is 0 Å². The summed E-state index contributed by atoms with van der Waals surface area (Å²) in [6, 6.07) is 13.0. The standard InChI is InChI=1S/C12H19OSi/c1-3-14(4-2)13-11-10-12-8-6-5-7-9-12/h5-9H,3-4,10-11H2,1-2H3. The molecule has 0 saturated heterocycles. The van der Waals surface area contributed by atoms with E-state index >= 15 is 0 Å². The topological polar surface area (TPSA) is 9.23 Å². The normalized spacial score (nSPS) is 10.8. The van der Waals surface area contributed by atoms with Gasteiger partial charge >= 0.3 is 0 Å². The van der Waals surface area contributed by atoms with Crippen LogP contribution in [0.2, 0.25) is 12.1 Å². The predicted molar refractivity (Wildman–Crippen MR) is 62.8 cm³/mol. The first kappa shape index (κ1) is 11.5. The van der Waals surface area contributed by atoms with Crippen molar-refractivity contribution in [1.82, 2.24) is 0 Å². The first-order valence-electron chi connectivity index (χ1n) is 5.38. The molecular formula is C12H19OSi. The second kappa shape index (κ2) is 6.79. The zero-order valence-electron chi connectivity index (χ0n) is 9.12. The lowest BCUT2D eigenvalue weighted by Gasteiger charge is -2.10. The highest BCUT2D eigenvalue weighted by atomic mass is 28.3. The molecule has 1 nitrogen and oxygen atoms in total. The lowest BCUT2D eigenvalue weighted by atomic mass is 10.2. The van der Waals surface area contributed by atoms with Gasteiger partial charge in [0.15, 0.2) is 0 Å². The van der Waals surface area contributed by atoms with Gasteiger partial charge in [0.25, 0.3) is 0 Å². The van der Waals surface area contributed by atoms with E-state index in [9.17, 15) is 0 Å². The van der Waals surface area contributed by atoms with Crippen LogP contribution in [-0.2, 0) is 10.8 Å². The molecule has 1 aromatic rings. The van der Waals surface area contributed by atoms with Crippen molar-refractivity contribution < 1.29 is 4.43 Å². The Kier molecular flexibility index (Phi) is 5.57. The fourth-order valence-electron chi connectivity index (χ4n) is 1.41. The van der Waals surface area contributed by atoms with Gasteiger partial charge in [-0.3, -0.25) is 0 Å². The van der Waals surface area contributed by atoms with Crippen LogP contribution >= 0.6 is 0 Å². The van der Waals surface area contributed by atoms with Crippen molar-refractivity contribution in [3.05, 3.63) is 35.9 Å². The summed E-state index contributed by atoms with van der Waals surface area (Å²) in [5.74, 6) is 0. The van der Waals surface area contributed by atoms with Crippen molar-refractivity contribution in [1.29, 1.82) is 0 Å². The average molecular weight is 207 g/mol. The van der Waals surface area contributed by atoms with Gasteiger partial charge in [0.1, 0.15) is 0 Å². The highest BCUT2D eigenvalue weighted by molar-refractivity contribution is 6.51. The summed E-state index contributed by atoms with van der Waals surface area (Å²) < 4.78 is 5.85. The van der Waals surface area contributed by atoms with E-state index in [0.29, 0.717) is 0 Å². The summed E-state index contributed by atoms with van der Waals surface area (Å²) in [6.45, 7) is 5.33. The Morgan fingerprint density at radius 3 is 2.29 bits per heavy atom. The minimum Gasteiger partial charge on any atom is -0.416 e. The van der Waals surface area contributed by atoms with Gasteiger partial charge in [-0.25, -0.2) is 0 Å². The highest BCUT2D eigenvalue weighted by Crippen LogP contribution is 2.03. The van der Waals surface area contributed by atoms with Crippen LogP contribution in [0.25, 0.3) is 0 Å². The van der Waals surface area contributed by atoms with Crippen LogP contribution in [0.4, 0.5) is 0 Å². The zero-order valence-corrected chi connectivity index (χ0v) is 10.1. The van der Waals surface area contributed by atoms with Crippen LogP contribution in [0.3, 0.4) is 0 Å². The van der Waals surface area contributed by atoms with Gasteiger partial charge < -0.3 is 4.43 Å². The number of benzene rings is 1. The molecule has 77 valence electrons. The molecule has 0 aliphatic carbocycles. The zero-order chi connectivity index (χ0) is 10.2. The third-order valence-corrected chi connectivity index (χ3v) is 4.52. The first-order valence-corrected chi connectivity index (χ1v) is 7.20. The first-order chi connectivity index (χ1) is 6.86. The Balaban J connectivity index is 2.21. The molecule has 1 aromatic carbocycles. The molecule has 0 heterocycles. The molecule has 0 aliphatic rings. The summed E-state index contributed by atoms with van der Waals surface area (Å²) in [6.07, 6.45) is 1.05. The largest absolute Gasteiger partial charge is 0.416 e. The Hall–Kier alpha value is -0.603. The predicted octanol–water partition coefficient (Wildman–Crippen LogP) is 3.28. The third kappa shape index (κ3) is 4.07. The molecule has 0 atom stereocenters. The molecule has 0 spiro atoms. The molecule has 0 aliphatic heterocycles. The molecular weight excluding hydrogens is 188 g/mol. The van der Waals surface area contributed by atoms with E-state index in [1.165, 1.54) is 17.7 Å². The molecule has 14 heavy (non-hydrogen) atoms. The van der Waals surface area contributed by atoms with E-state index in [2.05, 4.69) is 44.2 Å². The Labute approximate surface area is 88.8 Å². The smallest absolute Gasteiger partial charge is 0.210 e. The molecule has 1 radical (unpaired) electrons. The van der Waals surface area contributed by atoms with Crippen molar-refractivity contribution in [3.8, 4) is 0 Å². The molecule has 0 bridgehead atoms. The summed E-state index contributed by atoms with van der Waals surface area (Å²) in [4.78, 5) is 0. The van der Waals surface area contributed by atoms with E-state index in [0.717, 1.165) is 13.0 Å². The monoisotopic (exact) mass is 207 g/mol. The lowest BCUT2D eigenvalue weighted by Crippen LogP contribution is -2.16. The van der Waals surface area contributed by atoms with E-state index in [4.69, 9.17) is 4.43 Å². The summed E-state index contributed by atoms with van der Waals surface area (Å²) in [7, 11) is -0.493. The van der Waals surface area contributed by atoms with Crippen LogP contribution in [-0.4, -0.2) is 15.6 Å². The van der Waals surface area contributed by atoms with Gasteiger partial charge in [-0.2, -0.15) is 0 Å². The van der Waals surface area contributed by atoms with Crippen molar-refractivity contribution >= 4 is 9.04 Å². The van der Waals surface area contributed by atoms with Crippen molar-refractivity contribution in [3.63, 3.8) is 0 Å². The van der Waals surface area contributed by atoms with Gasteiger partial charge in [0.2, 0.25) is 9.04 Å². The van der Waals surface area contributed by atoms with E-state index in [1.807, 2.05) is 0 Å². The maximum Gasteiger partial charge on any atom is 0.210 e. The van der Waals surface area contributed by atoms with Crippen LogP contribution < -0.4 is 0 Å². The third-order valence-electron chi connectivity index (χ3n) is 2.33. The second-order valence-corrected chi connectivity index (χ2v) is 6.11. The summed E-state index contributed by atoms with van der Waals surface area (Å²) in [5.41, 5.74) is 1.38. The van der Waals surface area contributed by atoms with Crippen molar-refractivity contribution in [2.75, 3.05) is 6.61 Å². The Morgan fingerprint density at radius 2 is 1.71 bits per heavy atom. The number of rotatable bonds is 6. The molecule has 0 fully saturated rings. The average Bonchev–Trinajstić information content (AvgIpc) is 2.26. The summed E-state index contributed by atoms with van der Waals surface area (Å²) in [5, 5.41) is 0. The quantitative estimate of drug-likeness (QED) is 0.651. The second-order valence-electron chi connectivity index (χ2n) is 3.33. The van der Waals surface area contributed by atoms with E-state index in [1.54, 1.807) is 0 Å². The minimum atomic E-state index is -0.493. The fourth-order valence-corrected chi connectivity index (χ4v) is 2.71. The SMILES string of the molecule is CC[Si](CC)OCCc1ccccc1. The maximum atomic E-state index is 5.85. The highest BCUT2D eigenvalue weighted by Gasteiger charge is 2.06. The van der Waals surface area contributed by atoms with Gasteiger partial charge in [0, 0.05) is 6.61 Å². The van der Waals surface area contributed by atoms with Gasteiger partial charge in [-0.15, -0.1) is 0 Å². The minimum absolute atomic E-state index is 0.493. The number of hydrogen-bond donors (Lipinski definition) is 0. The molecule has 0 aromatic heterocycles. The molecule has 1 rings (SSSR count). The maximum absolute atomic E-state index is 5.85. The number of hydrogen-bond acceptors (Lipinski definition) is 1.